The first-order chi connectivity index (χ1) is 10.7. The third-order valence-corrected chi connectivity index (χ3v) is 5.97. The van der Waals surface area contributed by atoms with Crippen molar-refractivity contribution in [3.05, 3.63) is 29.8 Å². The molecule has 2 aliphatic rings. The number of fused-ring (bicyclic) bond motifs is 2. The quantitative estimate of drug-likeness (QED) is 0.878. The highest BCUT2D eigenvalue weighted by Crippen LogP contribution is 2.28. The molecule has 128 valence electrons. The van der Waals surface area contributed by atoms with E-state index in [-0.39, 0.29) is 16.5 Å². The van der Waals surface area contributed by atoms with E-state index in [1.807, 2.05) is 0 Å². The highest BCUT2D eigenvalue weighted by Gasteiger charge is 2.35. The number of sulfonamides is 1. The molecule has 0 aromatic heterocycles. The summed E-state index contributed by atoms with van der Waals surface area (Å²) in [5.41, 5.74) is 0.0522. The Morgan fingerprint density at radius 1 is 1.09 bits per heavy atom. The van der Waals surface area contributed by atoms with E-state index in [0.717, 1.165) is 25.7 Å². The molecule has 4 nitrogen and oxygen atoms in total. The van der Waals surface area contributed by atoms with Crippen molar-refractivity contribution in [1.82, 2.24) is 10.0 Å². The second-order valence-electron chi connectivity index (χ2n) is 6.36. The van der Waals surface area contributed by atoms with Crippen LogP contribution in [0, 0.1) is 0 Å². The summed E-state index contributed by atoms with van der Waals surface area (Å²) in [6.07, 6.45) is -1.72. The summed E-state index contributed by atoms with van der Waals surface area (Å²) in [7, 11) is -3.70. The number of alkyl halides is 3. The average Bonchev–Trinajstić information content (AvgIpc) is 2.76. The van der Waals surface area contributed by atoms with Gasteiger partial charge in [0.25, 0.3) is 0 Å². The standard InChI is InChI=1S/C15H19F3N2O2S/c16-15(17,18)9-10-1-5-14(6-2-10)23(21,22)20-13-7-11-3-4-12(8-13)19-11/h1-2,5-6,11-13,19-20H,3-4,7-9H2. The summed E-state index contributed by atoms with van der Waals surface area (Å²) in [4.78, 5) is 0.00861. The van der Waals surface area contributed by atoms with E-state index in [2.05, 4.69) is 10.0 Å². The van der Waals surface area contributed by atoms with Crippen molar-refractivity contribution < 1.29 is 21.6 Å². The van der Waals surface area contributed by atoms with Crippen LogP contribution in [0.2, 0.25) is 0 Å². The minimum atomic E-state index is -4.30. The van der Waals surface area contributed by atoms with E-state index in [0.29, 0.717) is 12.1 Å². The molecule has 2 heterocycles. The smallest absolute Gasteiger partial charge is 0.311 e. The molecule has 8 heteroatoms. The SMILES string of the molecule is O=S(=O)(NC1CC2CCC(C1)N2)c1ccc(CC(F)(F)F)cc1. The molecule has 2 aliphatic heterocycles. The Morgan fingerprint density at radius 3 is 2.17 bits per heavy atom. The number of hydrogen-bond donors (Lipinski definition) is 2. The molecule has 0 radical (unpaired) electrons. The van der Waals surface area contributed by atoms with Gasteiger partial charge in [0.2, 0.25) is 10.0 Å². The predicted molar refractivity (Wildman–Crippen MR) is 79.5 cm³/mol. The molecular formula is C15H19F3N2O2S. The number of nitrogens with one attached hydrogen (secondary N) is 2. The van der Waals surface area contributed by atoms with Gasteiger partial charge in [-0.15, -0.1) is 0 Å². The lowest BCUT2D eigenvalue weighted by Crippen LogP contribution is -2.47. The van der Waals surface area contributed by atoms with Gasteiger partial charge in [-0.25, -0.2) is 13.1 Å². The maximum Gasteiger partial charge on any atom is 0.393 e. The van der Waals surface area contributed by atoms with Gasteiger partial charge in [-0.3, -0.25) is 0 Å². The first kappa shape index (κ1) is 16.7. The number of rotatable bonds is 4. The largest absolute Gasteiger partial charge is 0.393 e. The zero-order valence-electron chi connectivity index (χ0n) is 12.4. The van der Waals surface area contributed by atoms with Crippen molar-refractivity contribution >= 4 is 10.0 Å². The Morgan fingerprint density at radius 2 is 1.65 bits per heavy atom. The fraction of sp³-hybridized carbons (Fsp3) is 0.600. The average molecular weight is 348 g/mol. The van der Waals surface area contributed by atoms with Crippen LogP contribution in [-0.4, -0.2) is 32.7 Å². The van der Waals surface area contributed by atoms with E-state index in [9.17, 15) is 21.6 Å². The molecule has 2 bridgehead atoms. The minimum absolute atomic E-state index is 0.00861. The van der Waals surface area contributed by atoms with E-state index < -0.39 is 22.6 Å². The van der Waals surface area contributed by atoms with Crippen molar-refractivity contribution in [2.75, 3.05) is 0 Å². The molecule has 1 aromatic carbocycles. The molecule has 0 aliphatic carbocycles. The molecule has 2 atom stereocenters. The van der Waals surface area contributed by atoms with Gasteiger partial charge in [0.1, 0.15) is 0 Å². The fourth-order valence-corrected chi connectivity index (χ4v) is 4.72. The number of benzene rings is 1. The van der Waals surface area contributed by atoms with Crippen molar-refractivity contribution in [3.63, 3.8) is 0 Å². The van der Waals surface area contributed by atoms with Crippen LogP contribution in [-0.2, 0) is 16.4 Å². The molecule has 2 saturated heterocycles. The number of piperidine rings is 1. The van der Waals surface area contributed by atoms with Crippen molar-refractivity contribution in [1.29, 1.82) is 0 Å². The van der Waals surface area contributed by atoms with Gasteiger partial charge in [0.15, 0.2) is 0 Å². The normalized spacial score (nSPS) is 28.0. The van der Waals surface area contributed by atoms with Crippen LogP contribution in [0.4, 0.5) is 13.2 Å². The topological polar surface area (TPSA) is 58.2 Å². The zero-order chi connectivity index (χ0) is 16.7. The molecule has 23 heavy (non-hydrogen) atoms. The van der Waals surface area contributed by atoms with Gasteiger partial charge < -0.3 is 5.32 Å². The van der Waals surface area contributed by atoms with Crippen LogP contribution in [0.25, 0.3) is 0 Å². The van der Waals surface area contributed by atoms with E-state index in [4.69, 9.17) is 0 Å². The van der Waals surface area contributed by atoms with Crippen LogP contribution in [0.3, 0.4) is 0 Å². The summed E-state index contributed by atoms with van der Waals surface area (Å²) in [6, 6.07) is 5.50. The van der Waals surface area contributed by atoms with Crippen molar-refractivity contribution in [2.24, 2.45) is 0 Å². The van der Waals surface area contributed by atoms with Gasteiger partial charge >= 0.3 is 6.18 Å². The number of hydrogen-bond acceptors (Lipinski definition) is 3. The maximum atomic E-state index is 12.4. The molecule has 2 fully saturated rings. The summed E-state index contributed by atoms with van der Waals surface area (Å²) in [5, 5.41) is 3.43. The van der Waals surface area contributed by atoms with Crippen molar-refractivity contribution in [2.45, 2.75) is 61.3 Å². The predicted octanol–water partition coefficient (Wildman–Crippen LogP) is 2.35. The minimum Gasteiger partial charge on any atom is -0.311 e. The first-order valence-corrected chi connectivity index (χ1v) is 9.14. The molecule has 1 aromatic rings. The summed E-state index contributed by atoms with van der Waals surface area (Å²) < 4.78 is 64.4. The Hall–Kier alpha value is -1.12. The van der Waals surface area contributed by atoms with E-state index in [1.54, 1.807) is 0 Å². The molecule has 2 unspecified atom stereocenters. The van der Waals surface area contributed by atoms with Gasteiger partial charge in [0, 0.05) is 18.1 Å². The zero-order valence-corrected chi connectivity index (χ0v) is 13.3. The molecule has 3 rings (SSSR count). The van der Waals surface area contributed by atoms with Crippen LogP contribution in [0.5, 0.6) is 0 Å². The fourth-order valence-electron chi connectivity index (χ4n) is 3.46. The Bertz CT molecular complexity index is 646. The highest BCUT2D eigenvalue weighted by atomic mass is 32.2. The van der Waals surface area contributed by atoms with Gasteiger partial charge in [0.05, 0.1) is 11.3 Å². The monoisotopic (exact) mass is 348 g/mol. The van der Waals surface area contributed by atoms with Gasteiger partial charge in [-0.05, 0) is 43.4 Å². The Balaban J connectivity index is 1.67. The van der Waals surface area contributed by atoms with E-state index >= 15 is 0 Å². The first-order valence-electron chi connectivity index (χ1n) is 7.65. The summed E-state index contributed by atoms with van der Waals surface area (Å²) in [6.45, 7) is 0. The third-order valence-electron chi connectivity index (χ3n) is 4.43. The maximum absolute atomic E-state index is 12.4. The van der Waals surface area contributed by atoms with Crippen molar-refractivity contribution in [3.8, 4) is 0 Å². The van der Waals surface area contributed by atoms with Crippen LogP contribution < -0.4 is 10.0 Å². The molecule has 0 amide bonds. The second-order valence-corrected chi connectivity index (χ2v) is 8.08. The lowest BCUT2D eigenvalue weighted by molar-refractivity contribution is -0.127. The van der Waals surface area contributed by atoms with E-state index in [1.165, 1.54) is 24.3 Å². The highest BCUT2D eigenvalue weighted by molar-refractivity contribution is 7.89. The molecular weight excluding hydrogens is 329 g/mol. The third kappa shape index (κ3) is 4.24. The molecule has 0 spiro atoms. The van der Waals surface area contributed by atoms with Gasteiger partial charge in [-0.2, -0.15) is 13.2 Å². The molecule has 2 N–H and O–H groups in total. The summed E-state index contributed by atoms with van der Waals surface area (Å²) >= 11 is 0. The lowest BCUT2D eigenvalue weighted by atomic mass is 10.0. The second kappa shape index (κ2) is 6.07. The number of halogens is 3. The van der Waals surface area contributed by atoms with Crippen LogP contribution in [0.1, 0.15) is 31.2 Å². The van der Waals surface area contributed by atoms with Gasteiger partial charge in [-0.1, -0.05) is 12.1 Å². The lowest BCUT2D eigenvalue weighted by Gasteiger charge is -2.29. The molecule has 0 saturated carbocycles. The Labute approximate surface area is 133 Å². The van der Waals surface area contributed by atoms with Crippen LogP contribution in [0.15, 0.2) is 29.2 Å². The summed E-state index contributed by atoms with van der Waals surface area (Å²) in [5.74, 6) is 0. The van der Waals surface area contributed by atoms with Crippen LogP contribution >= 0.6 is 0 Å². The Kier molecular flexibility index (Phi) is 4.41.